The van der Waals surface area contributed by atoms with Gasteiger partial charge in [0.25, 0.3) is 0 Å². The van der Waals surface area contributed by atoms with E-state index in [-0.39, 0.29) is 23.8 Å². The molecule has 0 bridgehead atoms. The molecule has 0 spiro atoms. The number of aliphatic hydroxyl groups is 1. The highest BCUT2D eigenvalue weighted by Crippen LogP contribution is 2.37. The molecule has 0 radical (unpaired) electrons. The molecule has 1 aliphatic rings. The lowest BCUT2D eigenvalue weighted by molar-refractivity contribution is 0.137. The average molecular weight is 305 g/mol. The summed E-state index contributed by atoms with van der Waals surface area (Å²) in [6.07, 6.45) is 3.11. The highest BCUT2D eigenvalue weighted by atomic mass is 19.1. The van der Waals surface area contributed by atoms with Gasteiger partial charge in [0.2, 0.25) is 0 Å². The lowest BCUT2D eigenvalue weighted by Crippen LogP contribution is -2.22. The van der Waals surface area contributed by atoms with Crippen LogP contribution in [0.5, 0.6) is 0 Å². The first-order valence-electron chi connectivity index (χ1n) is 7.60. The molecular weight excluding hydrogens is 285 g/mol. The maximum absolute atomic E-state index is 12.8. The molecular formula is C15H20FN5O. The third-order valence-electron chi connectivity index (χ3n) is 4.18. The number of aromatic nitrogens is 4. The van der Waals surface area contributed by atoms with Crippen molar-refractivity contribution in [3.05, 3.63) is 35.8 Å². The van der Waals surface area contributed by atoms with E-state index in [1.165, 1.54) is 12.3 Å². The number of halogens is 1. The highest BCUT2D eigenvalue weighted by molar-refractivity contribution is 5.33. The van der Waals surface area contributed by atoms with E-state index in [4.69, 9.17) is 0 Å². The van der Waals surface area contributed by atoms with Gasteiger partial charge < -0.3 is 10.4 Å². The zero-order valence-corrected chi connectivity index (χ0v) is 12.5. The molecule has 3 atom stereocenters. The van der Waals surface area contributed by atoms with E-state index < -0.39 is 0 Å². The van der Waals surface area contributed by atoms with Crippen LogP contribution >= 0.6 is 0 Å². The molecule has 0 aliphatic heterocycles. The van der Waals surface area contributed by atoms with Crippen molar-refractivity contribution in [1.29, 1.82) is 0 Å². The van der Waals surface area contributed by atoms with Crippen molar-refractivity contribution in [1.82, 2.24) is 20.2 Å². The predicted octanol–water partition coefficient (Wildman–Crippen LogP) is 1.87. The molecule has 6 nitrogen and oxygen atoms in total. The first kappa shape index (κ1) is 14.9. The van der Waals surface area contributed by atoms with Crippen LogP contribution in [-0.4, -0.2) is 37.9 Å². The second-order valence-electron chi connectivity index (χ2n) is 5.73. The summed E-state index contributed by atoms with van der Waals surface area (Å²) in [5, 5.41) is 20.5. The van der Waals surface area contributed by atoms with E-state index >= 15 is 0 Å². The molecule has 3 rings (SSSR count). The summed E-state index contributed by atoms with van der Waals surface area (Å²) in [5.41, 5.74) is 0. The number of hydrogen-bond acceptors (Lipinski definition) is 5. The minimum atomic E-state index is -0.387. The van der Waals surface area contributed by atoms with Crippen LogP contribution < -0.4 is 5.32 Å². The molecule has 1 fully saturated rings. The second-order valence-corrected chi connectivity index (χ2v) is 5.73. The molecule has 3 N–H and O–H groups in total. The van der Waals surface area contributed by atoms with Crippen molar-refractivity contribution < 1.29 is 9.50 Å². The summed E-state index contributed by atoms with van der Waals surface area (Å²) < 4.78 is 12.8. The summed E-state index contributed by atoms with van der Waals surface area (Å²) in [5.74, 6) is 2.21. The Hall–Kier alpha value is -2.02. The molecule has 0 aromatic carbocycles. The highest BCUT2D eigenvalue weighted by Gasteiger charge is 2.35. The Morgan fingerprint density at radius 2 is 2.27 bits per heavy atom. The van der Waals surface area contributed by atoms with Crippen LogP contribution in [0.4, 0.5) is 10.2 Å². The Morgan fingerprint density at radius 1 is 1.41 bits per heavy atom. The van der Waals surface area contributed by atoms with Crippen molar-refractivity contribution in [3.63, 3.8) is 0 Å². The summed E-state index contributed by atoms with van der Waals surface area (Å²) >= 11 is 0. The Kier molecular flexibility index (Phi) is 4.33. The smallest absolute Gasteiger partial charge is 0.153 e. The van der Waals surface area contributed by atoms with E-state index in [9.17, 15) is 9.50 Å². The molecule has 118 valence electrons. The zero-order valence-electron chi connectivity index (χ0n) is 12.5. The fourth-order valence-corrected chi connectivity index (χ4v) is 2.90. The summed E-state index contributed by atoms with van der Waals surface area (Å²) in [4.78, 5) is 8.41. The first-order valence-corrected chi connectivity index (χ1v) is 7.60. The van der Waals surface area contributed by atoms with Gasteiger partial charge in [-0.2, -0.15) is 5.10 Å². The quantitative estimate of drug-likeness (QED) is 0.785. The van der Waals surface area contributed by atoms with Gasteiger partial charge in [-0.1, -0.05) is 6.92 Å². The number of aryl methyl sites for hydroxylation is 1. The third-order valence-corrected chi connectivity index (χ3v) is 4.18. The fraction of sp³-hybridized carbons (Fsp3) is 0.533. The molecule has 2 aromatic rings. The number of anilines is 1. The molecule has 1 aliphatic carbocycles. The Labute approximate surface area is 128 Å². The van der Waals surface area contributed by atoms with Crippen LogP contribution in [0.3, 0.4) is 0 Å². The monoisotopic (exact) mass is 305 g/mol. The minimum Gasteiger partial charge on any atom is -0.393 e. The van der Waals surface area contributed by atoms with Crippen molar-refractivity contribution in [3.8, 4) is 0 Å². The van der Waals surface area contributed by atoms with E-state index in [1.807, 2.05) is 6.92 Å². The number of pyridine rings is 1. The van der Waals surface area contributed by atoms with Gasteiger partial charge in [-0.3, -0.25) is 5.10 Å². The topological polar surface area (TPSA) is 86.7 Å². The van der Waals surface area contributed by atoms with Gasteiger partial charge in [0.15, 0.2) is 5.82 Å². The normalized spacial score (nSPS) is 24.6. The number of H-pyrrole nitrogens is 1. The predicted molar refractivity (Wildman–Crippen MR) is 79.9 cm³/mol. The molecule has 7 heteroatoms. The number of aliphatic hydroxyl groups excluding tert-OH is 1. The van der Waals surface area contributed by atoms with Gasteiger partial charge >= 0.3 is 0 Å². The lowest BCUT2D eigenvalue weighted by Gasteiger charge is -2.15. The van der Waals surface area contributed by atoms with Crippen LogP contribution in [0, 0.1) is 11.7 Å². The van der Waals surface area contributed by atoms with Crippen molar-refractivity contribution >= 4 is 5.82 Å². The minimum absolute atomic E-state index is 0.112. The SMILES string of the molecule is CCc1nc([C@H]2C[C@H](CNc3ccc(F)cn3)[C@H](O)C2)n[nH]1. The number of aromatic amines is 1. The maximum atomic E-state index is 12.8. The third kappa shape index (κ3) is 3.24. The van der Waals surface area contributed by atoms with Crippen LogP contribution in [0.2, 0.25) is 0 Å². The lowest BCUT2D eigenvalue weighted by atomic mass is 10.0. The molecule has 2 aromatic heterocycles. The van der Waals surface area contributed by atoms with Gasteiger partial charge in [-0.25, -0.2) is 14.4 Å². The van der Waals surface area contributed by atoms with Crippen LogP contribution in [-0.2, 0) is 6.42 Å². The van der Waals surface area contributed by atoms with E-state index in [1.54, 1.807) is 6.07 Å². The Morgan fingerprint density at radius 3 is 2.95 bits per heavy atom. The van der Waals surface area contributed by atoms with E-state index in [0.717, 1.165) is 24.5 Å². The van der Waals surface area contributed by atoms with E-state index in [0.29, 0.717) is 18.8 Å². The molecule has 1 saturated carbocycles. The van der Waals surface area contributed by atoms with Crippen LogP contribution in [0.15, 0.2) is 18.3 Å². The number of nitrogens with zero attached hydrogens (tertiary/aromatic N) is 3. The van der Waals surface area contributed by atoms with Crippen LogP contribution in [0.25, 0.3) is 0 Å². The van der Waals surface area contributed by atoms with Gasteiger partial charge in [0.1, 0.15) is 17.5 Å². The second kappa shape index (κ2) is 6.39. The molecule has 22 heavy (non-hydrogen) atoms. The first-order chi connectivity index (χ1) is 10.7. The Bertz CT molecular complexity index is 615. The van der Waals surface area contributed by atoms with Gasteiger partial charge in [-0.15, -0.1) is 0 Å². The number of nitrogens with one attached hydrogen (secondary N) is 2. The van der Waals surface area contributed by atoms with Crippen molar-refractivity contribution in [2.75, 3.05) is 11.9 Å². The molecule has 0 saturated heterocycles. The van der Waals surface area contributed by atoms with Gasteiger partial charge in [0.05, 0.1) is 12.3 Å². The number of hydrogen-bond donors (Lipinski definition) is 3. The summed E-state index contributed by atoms with van der Waals surface area (Å²) in [6.45, 7) is 2.62. The fourth-order valence-electron chi connectivity index (χ4n) is 2.90. The maximum Gasteiger partial charge on any atom is 0.153 e. The van der Waals surface area contributed by atoms with Crippen LogP contribution in [0.1, 0.15) is 37.3 Å². The van der Waals surface area contributed by atoms with Crippen molar-refractivity contribution in [2.24, 2.45) is 5.92 Å². The number of rotatable bonds is 5. The van der Waals surface area contributed by atoms with E-state index in [2.05, 4.69) is 25.5 Å². The molecule has 0 amide bonds. The standard InChI is InChI=1S/C15H20FN5O/c1-2-13-19-15(21-20-13)9-5-10(12(22)6-9)7-17-14-4-3-11(16)8-18-14/h3-4,8-10,12,22H,2,5-7H2,1H3,(H,17,18)(H,19,20,21)/t9-,10+,12+/m0/s1. The summed E-state index contributed by atoms with van der Waals surface area (Å²) in [6, 6.07) is 2.96. The summed E-state index contributed by atoms with van der Waals surface area (Å²) in [7, 11) is 0. The van der Waals surface area contributed by atoms with Gasteiger partial charge in [-0.05, 0) is 25.0 Å². The van der Waals surface area contributed by atoms with Crippen molar-refractivity contribution in [2.45, 2.75) is 38.2 Å². The molecule has 2 heterocycles. The largest absolute Gasteiger partial charge is 0.393 e. The Balaban J connectivity index is 1.57. The average Bonchev–Trinajstić information content (AvgIpc) is 3.13. The van der Waals surface area contributed by atoms with Gasteiger partial charge in [0, 0.05) is 24.8 Å². The molecule has 0 unspecified atom stereocenters. The zero-order chi connectivity index (χ0) is 15.5.